The van der Waals surface area contributed by atoms with Crippen LogP contribution in [0.25, 0.3) is 11.1 Å². The summed E-state index contributed by atoms with van der Waals surface area (Å²) in [6.45, 7) is 4.55. The van der Waals surface area contributed by atoms with Crippen LogP contribution in [0.1, 0.15) is 31.7 Å². The third kappa shape index (κ3) is 4.05. The molecule has 4 rings (SSSR count). The molecule has 2 atom stereocenters. The van der Waals surface area contributed by atoms with Crippen molar-refractivity contribution in [1.82, 2.24) is 0 Å². The van der Waals surface area contributed by atoms with E-state index in [0.29, 0.717) is 0 Å². The Balaban J connectivity index is 1.64. The maximum absolute atomic E-state index is 3.65. The quantitative estimate of drug-likeness (QED) is 0.414. The number of hydrogen-bond acceptors (Lipinski definition) is 1. The zero-order chi connectivity index (χ0) is 18.3. The van der Waals surface area contributed by atoms with Crippen LogP contribution in [-0.4, -0.2) is 0 Å². The van der Waals surface area contributed by atoms with Crippen LogP contribution in [-0.2, 0) is 0 Å². The Labute approximate surface area is 177 Å². The third-order valence-corrected chi connectivity index (χ3v) is 7.57. The monoisotopic (exact) mass is 488 g/mol. The highest BCUT2D eigenvalue weighted by Gasteiger charge is 2.35. The highest BCUT2D eigenvalue weighted by molar-refractivity contribution is 9.10. The summed E-state index contributed by atoms with van der Waals surface area (Å²) in [6.07, 6.45) is 8.54. The van der Waals surface area contributed by atoms with Crippen LogP contribution in [0, 0.1) is 18.8 Å². The van der Waals surface area contributed by atoms with Crippen LogP contribution < -0.4 is 0 Å². The maximum atomic E-state index is 3.65. The molecular weight excluding hydrogens is 468 g/mol. The molecule has 0 saturated heterocycles. The van der Waals surface area contributed by atoms with Gasteiger partial charge in [-0.25, -0.2) is 0 Å². The SMILES string of the molecule is Cc1ccc(Br)cc1-c1cc(Br)ccc1SC1=CC=C(C2CC2C)CC1. The molecule has 134 valence electrons. The van der Waals surface area contributed by atoms with Crippen molar-refractivity contribution in [3.8, 4) is 11.1 Å². The van der Waals surface area contributed by atoms with Crippen LogP contribution in [0.3, 0.4) is 0 Å². The molecule has 0 amide bonds. The fourth-order valence-corrected chi connectivity index (χ4v) is 5.45. The first-order valence-electron chi connectivity index (χ1n) is 9.15. The topological polar surface area (TPSA) is 0 Å². The molecule has 0 aliphatic heterocycles. The molecule has 2 aromatic carbocycles. The lowest BCUT2D eigenvalue weighted by molar-refractivity contribution is 0.783. The lowest BCUT2D eigenvalue weighted by Gasteiger charge is -2.17. The summed E-state index contributed by atoms with van der Waals surface area (Å²) < 4.78 is 2.25. The van der Waals surface area contributed by atoms with Gasteiger partial charge in [-0.15, -0.1) is 0 Å². The molecule has 3 heteroatoms. The second-order valence-corrected chi connectivity index (χ2v) is 10.4. The minimum absolute atomic E-state index is 0.866. The number of allylic oxidation sites excluding steroid dienone is 4. The van der Waals surface area contributed by atoms with Gasteiger partial charge in [0.2, 0.25) is 0 Å². The van der Waals surface area contributed by atoms with E-state index < -0.39 is 0 Å². The van der Waals surface area contributed by atoms with E-state index in [1.165, 1.54) is 45.8 Å². The molecule has 2 aliphatic rings. The van der Waals surface area contributed by atoms with Crippen LogP contribution in [0.5, 0.6) is 0 Å². The molecule has 2 unspecified atom stereocenters. The van der Waals surface area contributed by atoms with E-state index in [2.05, 4.69) is 94.3 Å². The van der Waals surface area contributed by atoms with Gasteiger partial charge in [0.25, 0.3) is 0 Å². The third-order valence-electron chi connectivity index (χ3n) is 5.40. The van der Waals surface area contributed by atoms with Crippen LogP contribution in [0.15, 0.2) is 72.9 Å². The van der Waals surface area contributed by atoms with E-state index in [4.69, 9.17) is 0 Å². The first-order valence-corrected chi connectivity index (χ1v) is 11.5. The average molecular weight is 490 g/mol. The molecule has 0 aromatic heterocycles. The molecule has 0 radical (unpaired) electrons. The van der Waals surface area contributed by atoms with Crippen LogP contribution in [0.2, 0.25) is 0 Å². The highest BCUT2D eigenvalue weighted by atomic mass is 79.9. The van der Waals surface area contributed by atoms with E-state index in [9.17, 15) is 0 Å². The Morgan fingerprint density at radius 2 is 1.62 bits per heavy atom. The Kier molecular flexibility index (Phi) is 5.50. The molecule has 0 spiro atoms. The summed E-state index contributed by atoms with van der Waals surface area (Å²) in [5, 5.41) is 0. The fraction of sp³-hybridized carbons (Fsp3) is 0.304. The van der Waals surface area contributed by atoms with Crippen molar-refractivity contribution in [1.29, 1.82) is 0 Å². The summed E-state index contributed by atoms with van der Waals surface area (Å²) in [4.78, 5) is 2.80. The first-order chi connectivity index (χ1) is 12.5. The number of halogens is 2. The molecule has 1 saturated carbocycles. The van der Waals surface area contributed by atoms with Crippen LogP contribution >= 0.6 is 43.6 Å². The second-order valence-electron chi connectivity index (χ2n) is 7.40. The normalized spacial score (nSPS) is 22.0. The van der Waals surface area contributed by atoms with Crippen molar-refractivity contribution >= 4 is 43.6 Å². The molecule has 0 bridgehead atoms. The van der Waals surface area contributed by atoms with Gasteiger partial charge in [-0.05, 0) is 89.9 Å². The second kappa shape index (κ2) is 7.69. The van der Waals surface area contributed by atoms with E-state index in [-0.39, 0.29) is 0 Å². The van der Waals surface area contributed by atoms with Crippen molar-refractivity contribution in [2.24, 2.45) is 11.8 Å². The van der Waals surface area contributed by atoms with Gasteiger partial charge in [0.1, 0.15) is 0 Å². The summed E-state index contributed by atoms with van der Waals surface area (Å²) >= 11 is 9.21. The Bertz CT molecular complexity index is 910. The molecule has 0 N–H and O–H groups in total. The number of rotatable bonds is 4. The van der Waals surface area contributed by atoms with Gasteiger partial charge in [-0.3, -0.25) is 0 Å². The first kappa shape index (κ1) is 18.6. The van der Waals surface area contributed by atoms with Crippen molar-refractivity contribution in [3.05, 3.63) is 73.5 Å². The zero-order valence-electron chi connectivity index (χ0n) is 15.1. The van der Waals surface area contributed by atoms with Gasteiger partial charge in [-0.2, -0.15) is 0 Å². The highest BCUT2D eigenvalue weighted by Crippen LogP contribution is 2.48. The summed E-state index contributed by atoms with van der Waals surface area (Å²) in [7, 11) is 0. The molecular formula is C23H22Br2S. The van der Waals surface area contributed by atoms with Crippen molar-refractivity contribution in [2.75, 3.05) is 0 Å². The molecule has 26 heavy (non-hydrogen) atoms. The van der Waals surface area contributed by atoms with Crippen molar-refractivity contribution in [2.45, 2.75) is 38.0 Å². The summed E-state index contributed by atoms with van der Waals surface area (Å²) in [6, 6.07) is 13.2. The number of aryl methyl sites for hydroxylation is 1. The van der Waals surface area contributed by atoms with E-state index in [0.717, 1.165) is 20.8 Å². The summed E-state index contributed by atoms with van der Waals surface area (Å²) in [5.74, 6) is 1.77. The van der Waals surface area contributed by atoms with Gasteiger partial charge < -0.3 is 0 Å². The molecule has 2 aliphatic carbocycles. The minimum atomic E-state index is 0.866. The van der Waals surface area contributed by atoms with E-state index in [1.807, 2.05) is 11.8 Å². The predicted molar refractivity (Wildman–Crippen MR) is 121 cm³/mol. The smallest absolute Gasteiger partial charge is 0.0198 e. The summed E-state index contributed by atoms with van der Waals surface area (Å²) in [5.41, 5.74) is 5.56. The number of thioether (sulfide) groups is 1. The Morgan fingerprint density at radius 3 is 2.27 bits per heavy atom. The predicted octanol–water partition coefficient (Wildman–Crippen LogP) is 8.54. The van der Waals surface area contributed by atoms with Gasteiger partial charge in [0, 0.05) is 13.8 Å². The van der Waals surface area contributed by atoms with E-state index >= 15 is 0 Å². The van der Waals surface area contributed by atoms with Gasteiger partial charge in [-0.1, -0.05) is 74.3 Å². The maximum Gasteiger partial charge on any atom is 0.0198 e. The fourth-order valence-electron chi connectivity index (χ4n) is 3.69. The zero-order valence-corrected chi connectivity index (χ0v) is 19.0. The molecule has 0 heterocycles. The van der Waals surface area contributed by atoms with E-state index in [1.54, 1.807) is 5.57 Å². The number of benzene rings is 2. The standard InChI is InChI=1S/C23H22Br2S/c1-14-3-6-17(24)12-21(14)22-13-18(25)7-10-23(22)26-19-8-4-16(5-9-19)20-11-15(20)2/h3-4,6-8,10,12-13,15,20H,5,9,11H2,1-2H3. The van der Waals surface area contributed by atoms with Crippen LogP contribution in [0.4, 0.5) is 0 Å². The van der Waals surface area contributed by atoms with Gasteiger partial charge in [0.15, 0.2) is 0 Å². The molecule has 2 aromatic rings. The molecule has 1 fully saturated rings. The largest absolute Gasteiger partial charge is 0.0939 e. The molecule has 0 nitrogen and oxygen atoms in total. The van der Waals surface area contributed by atoms with Crippen molar-refractivity contribution in [3.63, 3.8) is 0 Å². The van der Waals surface area contributed by atoms with Crippen molar-refractivity contribution < 1.29 is 0 Å². The Hall–Kier alpha value is -0.770. The van der Waals surface area contributed by atoms with Gasteiger partial charge in [0.05, 0.1) is 0 Å². The van der Waals surface area contributed by atoms with Gasteiger partial charge >= 0.3 is 0 Å². The average Bonchev–Trinajstić information content (AvgIpc) is 3.36. The number of hydrogen-bond donors (Lipinski definition) is 0. The lowest BCUT2D eigenvalue weighted by Crippen LogP contribution is -1.95. The lowest BCUT2D eigenvalue weighted by atomic mass is 10.00. The Morgan fingerprint density at radius 1 is 0.923 bits per heavy atom. The minimum Gasteiger partial charge on any atom is -0.0939 e.